The molecule has 3 rings (SSSR count). The highest BCUT2D eigenvalue weighted by molar-refractivity contribution is 7.13. The molecule has 74 valence electrons. The normalized spacial score (nSPS) is 10.7. The van der Waals surface area contributed by atoms with E-state index in [9.17, 15) is 0 Å². The van der Waals surface area contributed by atoms with Crippen LogP contribution >= 0.6 is 11.3 Å². The Morgan fingerprint density at radius 1 is 1.40 bits per heavy atom. The molecule has 0 aliphatic rings. The number of aromatic nitrogens is 6. The van der Waals surface area contributed by atoms with Gasteiger partial charge < -0.3 is 4.52 Å². The van der Waals surface area contributed by atoms with Crippen LogP contribution in [0.15, 0.2) is 22.6 Å². The summed E-state index contributed by atoms with van der Waals surface area (Å²) in [5.74, 6) is 1.30. The van der Waals surface area contributed by atoms with Gasteiger partial charge in [-0.3, -0.25) is 10.1 Å². The fourth-order valence-corrected chi connectivity index (χ4v) is 1.60. The van der Waals surface area contributed by atoms with E-state index in [0.29, 0.717) is 17.5 Å². The largest absolute Gasteiger partial charge is 0.333 e. The van der Waals surface area contributed by atoms with E-state index in [1.54, 1.807) is 11.7 Å². The van der Waals surface area contributed by atoms with Gasteiger partial charge in [0.25, 0.3) is 5.89 Å². The fraction of sp³-hybridized carbons (Fsp3) is 0. The molecule has 0 aliphatic heterocycles. The van der Waals surface area contributed by atoms with Crippen LogP contribution in [0.2, 0.25) is 0 Å². The van der Waals surface area contributed by atoms with Crippen LogP contribution < -0.4 is 0 Å². The Kier molecular flexibility index (Phi) is 1.78. The number of nitrogens with zero attached hydrogens (tertiary/aromatic N) is 5. The van der Waals surface area contributed by atoms with Gasteiger partial charge in [-0.15, -0.1) is 11.3 Å². The van der Waals surface area contributed by atoms with Crippen molar-refractivity contribution in [3.8, 4) is 22.4 Å². The van der Waals surface area contributed by atoms with Gasteiger partial charge >= 0.3 is 0 Å². The van der Waals surface area contributed by atoms with Crippen molar-refractivity contribution in [2.24, 2.45) is 0 Å². The molecule has 0 saturated heterocycles. The molecule has 0 atom stereocenters. The molecule has 0 saturated carbocycles. The lowest BCUT2D eigenvalue weighted by Gasteiger charge is -1.81. The summed E-state index contributed by atoms with van der Waals surface area (Å²) >= 11 is 1.43. The van der Waals surface area contributed by atoms with Crippen LogP contribution in [0.3, 0.4) is 0 Å². The van der Waals surface area contributed by atoms with Crippen LogP contribution in [0.5, 0.6) is 0 Å². The van der Waals surface area contributed by atoms with Crippen LogP contribution in [-0.2, 0) is 0 Å². The number of hydrogen-bond donors (Lipinski definition) is 1. The highest BCUT2D eigenvalue weighted by Crippen LogP contribution is 2.22. The van der Waals surface area contributed by atoms with E-state index < -0.39 is 0 Å². The van der Waals surface area contributed by atoms with Gasteiger partial charge in [0.2, 0.25) is 5.82 Å². The Balaban J connectivity index is 2.02. The minimum Gasteiger partial charge on any atom is -0.333 e. The van der Waals surface area contributed by atoms with Crippen LogP contribution in [0.25, 0.3) is 22.4 Å². The molecule has 0 unspecified atom stereocenters. The maximum atomic E-state index is 5.05. The molecule has 0 radical (unpaired) electrons. The van der Waals surface area contributed by atoms with Crippen molar-refractivity contribution in [2.45, 2.75) is 0 Å². The Morgan fingerprint density at radius 3 is 3.13 bits per heavy atom. The summed E-state index contributed by atoms with van der Waals surface area (Å²) in [7, 11) is 0. The predicted octanol–water partition coefficient (Wildman–Crippen LogP) is 0.978. The van der Waals surface area contributed by atoms with Crippen molar-refractivity contribution in [2.75, 3.05) is 0 Å². The SMILES string of the molecule is c1n[nH]c(-c2noc(-c3cncs3)n2)n1. The van der Waals surface area contributed by atoms with Crippen LogP contribution in [-0.4, -0.2) is 30.3 Å². The molecule has 0 aromatic carbocycles. The van der Waals surface area contributed by atoms with Crippen molar-refractivity contribution in [3.63, 3.8) is 0 Å². The Bertz CT molecular complexity index is 493. The molecule has 3 heterocycles. The van der Waals surface area contributed by atoms with Crippen molar-refractivity contribution >= 4 is 11.3 Å². The Labute approximate surface area is 87.2 Å². The molecule has 7 nitrogen and oxygen atoms in total. The summed E-state index contributed by atoms with van der Waals surface area (Å²) in [6, 6.07) is 0. The van der Waals surface area contributed by atoms with Crippen molar-refractivity contribution in [1.29, 1.82) is 0 Å². The summed E-state index contributed by atoms with van der Waals surface area (Å²) in [5.41, 5.74) is 1.70. The van der Waals surface area contributed by atoms with Gasteiger partial charge in [0, 0.05) is 0 Å². The first-order valence-electron chi connectivity index (χ1n) is 4.02. The third kappa shape index (κ3) is 1.40. The summed E-state index contributed by atoms with van der Waals surface area (Å²) in [6.45, 7) is 0. The van der Waals surface area contributed by atoms with Gasteiger partial charge in [0.05, 0.1) is 11.7 Å². The Morgan fingerprint density at radius 2 is 2.40 bits per heavy atom. The van der Waals surface area contributed by atoms with Crippen LogP contribution in [0, 0.1) is 0 Å². The van der Waals surface area contributed by atoms with Gasteiger partial charge in [-0.2, -0.15) is 10.1 Å². The van der Waals surface area contributed by atoms with E-state index in [1.807, 2.05) is 0 Å². The minimum absolute atomic E-state index is 0.385. The second-order valence-electron chi connectivity index (χ2n) is 2.62. The molecule has 8 heteroatoms. The molecule has 0 spiro atoms. The first kappa shape index (κ1) is 8.24. The lowest BCUT2D eigenvalue weighted by atomic mass is 10.5. The molecule has 0 bridgehead atoms. The highest BCUT2D eigenvalue weighted by atomic mass is 32.1. The topological polar surface area (TPSA) is 93.4 Å². The number of rotatable bonds is 2. The number of H-pyrrole nitrogens is 1. The van der Waals surface area contributed by atoms with Crippen LogP contribution in [0.4, 0.5) is 0 Å². The highest BCUT2D eigenvalue weighted by Gasteiger charge is 2.13. The maximum Gasteiger partial charge on any atom is 0.270 e. The van der Waals surface area contributed by atoms with Gasteiger partial charge in [-0.25, -0.2) is 4.98 Å². The molecule has 1 N–H and O–H groups in total. The van der Waals surface area contributed by atoms with Crippen molar-refractivity contribution in [1.82, 2.24) is 30.3 Å². The summed E-state index contributed by atoms with van der Waals surface area (Å²) < 4.78 is 5.05. The van der Waals surface area contributed by atoms with Gasteiger partial charge in [0.1, 0.15) is 11.2 Å². The zero-order valence-corrected chi connectivity index (χ0v) is 8.10. The van der Waals surface area contributed by atoms with Crippen molar-refractivity contribution < 1.29 is 4.52 Å². The number of aromatic amines is 1. The molecular formula is C7H4N6OS. The molecular weight excluding hydrogens is 216 g/mol. The van der Waals surface area contributed by atoms with Gasteiger partial charge in [0.15, 0.2) is 5.82 Å². The van der Waals surface area contributed by atoms with E-state index in [-0.39, 0.29) is 0 Å². The summed E-state index contributed by atoms with van der Waals surface area (Å²) in [5, 5.41) is 10.1. The average molecular weight is 220 g/mol. The van der Waals surface area contributed by atoms with E-state index in [2.05, 4.69) is 30.3 Å². The maximum absolute atomic E-state index is 5.05. The zero-order valence-electron chi connectivity index (χ0n) is 7.28. The number of thiazole rings is 1. The third-order valence-corrected chi connectivity index (χ3v) is 2.46. The minimum atomic E-state index is 0.385. The number of nitrogens with one attached hydrogen (secondary N) is 1. The molecule has 15 heavy (non-hydrogen) atoms. The molecule has 0 fully saturated rings. The van der Waals surface area contributed by atoms with E-state index in [1.165, 1.54) is 17.7 Å². The quantitative estimate of drug-likeness (QED) is 0.691. The smallest absolute Gasteiger partial charge is 0.270 e. The Hall–Kier alpha value is -2.09. The summed E-state index contributed by atoms with van der Waals surface area (Å²) in [6.07, 6.45) is 3.06. The molecule has 0 amide bonds. The van der Waals surface area contributed by atoms with E-state index >= 15 is 0 Å². The lowest BCUT2D eigenvalue weighted by Crippen LogP contribution is -1.82. The molecule has 0 aliphatic carbocycles. The van der Waals surface area contributed by atoms with Gasteiger partial charge in [-0.05, 0) is 0 Å². The average Bonchev–Trinajstić information content (AvgIpc) is 3.02. The van der Waals surface area contributed by atoms with Crippen LogP contribution in [0.1, 0.15) is 0 Å². The fourth-order valence-electron chi connectivity index (χ4n) is 1.05. The first-order valence-corrected chi connectivity index (χ1v) is 4.90. The van der Waals surface area contributed by atoms with E-state index in [4.69, 9.17) is 4.52 Å². The molecule has 3 aromatic heterocycles. The lowest BCUT2D eigenvalue weighted by molar-refractivity contribution is 0.432. The number of hydrogen-bond acceptors (Lipinski definition) is 7. The summed E-state index contributed by atoms with van der Waals surface area (Å²) in [4.78, 5) is 12.8. The third-order valence-electron chi connectivity index (χ3n) is 1.70. The molecule has 3 aromatic rings. The second kappa shape index (κ2) is 3.24. The van der Waals surface area contributed by atoms with Gasteiger partial charge in [-0.1, -0.05) is 5.16 Å². The second-order valence-corrected chi connectivity index (χ2v) is 3.51. The van der Waals surface area contributed by atoms with Crippen molar-refractivity contribution in [3.05, 3.63) is 18.0 Å². The standard InChI is InChI=1S/C7H4N6OS/c1-4(15-3-8-1)7-11-6(13-14-7)5-9-2-10-12-5/h1-3H,(H,9,10,12). The van der Waals surface area contributed by atoms with E-state index in [0.717, 1.165) is 4.88 Å². The first-order chi connectivity index (χ1) is 7.43. The monoisotopic (exact) mass is 220 g/mol. The zero-order chi connectivity index (χ0) is 10.1. The predicted molar refractivity (Wildman–Crippen MR) is 50.8 cm³/mol.